The van der Waals surface area contributed by atoms with Gasteiger partial charge in [-0.3, -0.25) is 0 Å². The molecule has 0 radical (unpaired) electrons. The van der Waals surface area contributed by atoms with Gasteiger partial charge in [0.25, 0.3) is 0 Å². The quantitative estimate of drug-likeness (QED) is 0.723. The Balaban J connectivity index is 2.70. The van der Waals surface area contributed by atoms with Crippen molar-refractivity contribution in [3.63, 3.8) is 0 Å². The van der Waals surface area contributed by atoms with Crippen LogP contribution in [0.5, 0.6) is 0 Å². The van der Waals surface area contributed by atoms with Crippen molar-refractivity contribution in [1.82, 2.24) is 5.32 Å². The van der Waals surface area contributed by atoms with E-state index in [0.717, 1.165) is 0 Å². The fourth-order valence-corrected chi connectivity index (χ4v) is 2.18. The van der Waals surface area contributed by atoms with E-state index in [4.69, 9.17) is 0 Å². The Morgan fingerprint density at radius 3 is 2.12 bits per heavy atom. The third kappa shape index (κ3) is 4.16. The minimum Gasteiger partial charge on any atom is -0.313 e. The molecule has 1 rings (SSSR count). The van der Waals surface area contributed by atoms with E-state index in [0.29, 0.717) is 12.0 Å². The van der Waals surface area contributed by atoms with Crippen LogP contribution in [0.4, 0.5) is 0 Å². The maximum atomic E-state index is 3.42. The first kappa shape index (κ1) is 14.2. The highest BCUT2D eigenvalue weighted by molar-refractivity contribution is 5.27. The molecular weight excluding hydrogens is 206 g/mol. The van der Waals surface area contributed by atoms with Gasteiger partial charge in [0.05, 0.1) is 0 Å². The molecule has 1 N–H and O–H groups in total. The second-order valence-corrected chi connectivity index (χ2v) is 4.96. The molecule has 0 saturated heterocycles. The van der Waals surface area contributed by atoms with E-state index in [1.807, 2.05) is 0 Å². The topological polar surface area (TPSA) is 12.0 Å². The molecule has 0 bridgehead atoms. The van der Waals surface area contributed by atoms with Crippen molar-refractivity contribution < 1.29 is 0 Å². The molecule has 0 saturated carbocycles. The third-order valence-electron chi connectivity index (χ3n) is 3.72. The zero-order chi connectivity index (χ0) is 12.7. The first-order chi connectivity index (χ1) is 8.22. The Labute approximate surface area is 107 Å². The van der Waals surface area contributed by atoms with Crippen LogP contribution in [0.3, 0.4) is 0 Å². The molecule has 0 amide bonds. The van der Waals surface area contributed by atoms with E-state index >= 15 is 0 Å². The average Bonchev–Trinajstić information content (AvgIpc) is 2.39. The Morgan fingerprint density at radius 1 is 1.06 bits per heavy atom. The zero-order valence-corrected chi connectivity index (χ0v) is 11.8. The van der Waals surface area contributed by atoms with Crippen LogP contribution in [0, 0.1) is 0 Å². The summed E-state index contributed by atoms with van der Waals surface area (Å²) >= 11 is 0. The monoisotopic (exact) mass is 233 g/mol. The Kier molecular flexibility index (Phi) is 6.28. The van der Waals surface area contributed by atoms with E-state index < -0.39 is 0 Å². The number of unbranched alkanes of at least 4 members (excludes halogenated alkanes) is 1. The molecule has 0 heterocycles. The summed E-state index contributed by atoms with van der Waals surface area (Å²) in [4.78, 5) is 0. The van der Waals surface area contributed by atoms with Crippen LogP contribution < -0.4 is 5.32 Å². The van der Waals surface area contributed by atoms with Crippen LogP contribution in [-0.4, -0.2) is 7.05 Å². The summed E-state index contributed by atoms with van der Waals surface area (Å²) in [6, 6.07) is 9.68. The summed E-state index contributed by atoms with van der Waals surface area (Å²) < 4.78 is 0. The molecule has 1 heteroatoms. The average molecular weight is 233 g/mol. The van der Waals surface area contributed by atoms with Gasteiger partial charge in [-0.25, -0.2) is 0 Å². The summed E-state index contributed by atoms with van der Waals surface area (Å²) in [5.74, 6) is 0.674. The molecule has 1 aromatic rings. The molecule has 1 nitrogen and oxygen atoms in total. The number of hydrogen-bond acceptors (Lipinski definition) is 1. The third-order valence-corrected chi connectivity index (χ3v) is 3.72. The standard InChI is InChI=1S/C16H27N/c1-5-7-8-16(17-4)15-11-9-14(10-12-15)13(3)6-2/h9-13,16-17H,5-8H2,1-4H3. The minimum atomic E-state index is 0.515. The molecule has 2 unspecified atom stereocenters. The van der Waals surface area contributed by atoms with Crippen LogP contribution in [0.15, 0.2) is 24.3 Å². The lowest BCUT2D eigenvalue weighted by atomic mass is 9.94. The molecular formula is C16H27N. The van der Waals surface area contributed by atoms with E-state index in [1.165, 1.54) is 36.8 Å². The SMILES string of the molecule is CCCCC(NC)c1ccc(C(C)CC)cc1. The summed E-state index contributed by atoms with van der Waals surface area (Å²) in [6.07, 6.45) is 5.00. The van der Waals surface area contributed by atoms with Gasteiger partial charge in [0.2, 0.25) is 0 Å². The lowest BCUT2D eigenvalue weighted by Gasteiger charge is -2.17. The predicted octanol–water partition coefficient (Wildman–Crippen LogP) is 4.65. The molecule has 0 aliphatic rings. The molecule has 0 aromatic heterocycles. The van der Waals surface area contributed by atoms with Crippen molar-refractivity contribution in [1.29, 1.82) is 0 Å². The largest absolute Gasteiger partial charge is 0.313 e. The lowest BCUT2D eigenvalue weighted by Crippen LogP contribution is -2.16. The van der Waals surface area contributed by atoms with Crippen LogP contribution in [0.2, 0.25) is 0 Å². The molecule has 1 aromatic carbocycles. The second-order valence-electron chi connectivity index (χ2n) is 4.96. The summed E-state index contributed by atoms with van der Waals surface area (Å²) in [7, 11) is 2.06. The zero-order valence-electron chi connectivity index (χ0n) is 11.8. The van der Waals surface area contributed by atoms with Crippen molar-refractivity contribution in [2.75, 3.05) is 7.05 Å². The van der Waals surface area contributed by atoms with E-state index in [-0.39, 0.29) is 0 Å². The molecule has 0 aliphatic heterocycles. The highest BCUT2D eigenvalue weighted by Gasteiger charge is 2.09. The second kappa shape index (κ2) is 7.50. The van der Waals surface area contributed by atoms with Crippen molar-refractivity contribution in [3.05, 3.63) is 35.4 Å². The van der Waals surface area contributed by atoms with Crippen LogP contribution in [-0.2, 0) is 0 Å². The van der Waals surface area contributed by atoms with Gasteiger partial charge < -0.3 is 5.32 Å². The molecule has 0 fully saturated rings. The molecule has 17 heavy (non-hydrogen) atoms. The van der Waals surface area contributed by atoms with Gasteiger partial charge in [-0.05, 0) is 36.9 Å². The van der Waals surface area contributed by atoms with E-state index in [1.54, 1.807) is 0 Å². The normalized spacial score (nSPS) is 14.6. The fraction of sp³-hybridized carbons (Fsp3) is 0.625. The summed E-state index contributed by atoms with van der Waals surface area (Å²) in [6.45, 7) is 6.79. The lowest BCUT2D eigenvalue weighted by molar-refractivity contribution is 0.522. The number of nitrogens with one attached hydrogen (secondary N) is 1. The van der Waals surface area contributed by atoms with Crippen LogP contribution in [0.1, 0.15) is 69.5 Å². The van der Waals surface area contributed by atoms with Crippen molar-refractivity contribution in [2.24, 2.45) is 0 Å². The number of rotatable bonds is 7. The Morgan fingerprint density at radius 2 is 1.65 bits per heavy atom. The van der Waals surface area contributed by atoms with Gasteiger partial charge in [0, 0.05) is 6.04 Å². The smallest absolute Gasteiger partial charge is 0.0317 e. The number of hydrogen-bond donors (Lipinski definition) is 1. The predicted molar refractivity (Wildman–Crippen MR) is 76.5 cm³/mol. The van der Waals surface area contributed by atoms with Gasteiger partial charge in [0.15, 0.2) is 0 Å². The first-order valence-electron chi connectivity index (χ1n) is 7.00. The molecule has 96 valence electrons. The Bertz CT molecular complexity index is 302. The van der Waals surface area contributed by atoms with Gasteiger partial charge in [0.1, 0.15) is 0 Å². The minimum absolute atomic E-state index is 0.515. The van der Waals surface area contributed by atoms with Crippen molar-refractivity contribution >= 4 is 0 Å². The highest BCUT2D eigenvalue weighted by Crippen LogP contribution is 2.23. The summed E-state index contributed by atoms with van der Waals surface area (Å²) in [5.41, 5.74) is 2.88. The van der Waals surface area contributed by atoms with Crippen LogP contribution >= 0.6 is 0 Å². The van der Waals surface area contributed by atoms with E-state index in [9.17, 15) is 0 Å². The van der Waals surface area contributed by atoms with Gasteiger partial charge >= 0.3 is 0 Å². The van der Waals surface area contributed by atoms with Gasteiger partial charge in [-0.15, -0.1) is 0 Å². The first-order valence-corrected chi connectivity index (χ1v) is 7.00. The molecule has 0 spiro atoms. The number of benzene rings is 1. The van der Waals surface area contributed by atoms with Crippen molar-refractivity contribution in [2.45, 2.75) is 58.4 Å². The van der Waals surface area contributed by atoms with Gasteiger partial charge in [-0.1, -0.05) is 57.9 Å². The molecule has 0 aliphatic carbocycles. The Hall–Kier alpha value is -0.820. The maximum absolute atomic E-state index is 3.42. The highest BCUT2D eigenvalue weighted by atomic mass is 14.9. The van der Waals surface area contributed by atoms with E-state index in [2.05, 4.69) is 57.4 Å². The summed E-state index contributed by atoms with van der Waals surface area (Å²) in [5, 5.41) is 3.42. The maximum Gasteiger partial charge on any atom is 0.0317 e. The van der Waals surface area contributed by atoms with Crippen LogP contribution in [0.25, 0.3) is 0 Å². The van der Waals surface area contributed by atoms with Crippen molar-refractivity contribution in [3.8, 4) is 0 Å². The molecule has 2 atom stereocenters. The fourth-order valence-electron chi connectivity index (χ4n) is 2.18. The van der Waals surface area contributed by atoms with Gasteiger partial charge in [-0.2, -0.15) is 0 Å².